The van der Waals surface area contributed by atoms with Gasteiger partial charge in [-0.1, -0.05) is 51.2 Å². The fraction of sp³-hybridized carbons (Fsp3) is 0.562. The molecule has 1 aliphatic rings. The third-order valence-electron chi connectivity index (χ3n) is 3.69. The number of Topliss-reactive ketones (excluding diaryl/α,β-unsaturated/α-hetero) is 1. The van der Waals surface area contributed by atoms with Gasteiger partial charge in [-0.15, -0.1) is 11.8 Å². The smallest absolute Gasteiger partial charge is 0.163 e. The predicted octanol–water partition coefficient (Wildman–Crippen LogP) is 4.95. The van der Waals surface area contributed by atoms with E-state index in [0.29, 0.717) is 11.7 Å². The van der Waals surface area contributed by atoms with E-state index in [1.807, 2.05) is 23.9 Å². The van der Waals surface area contributed by atoms with Crippen molar-refractivity contribution in [3.05, 3.63) is 29.8 Å². The number of thioether (sulfide) groups is 1. The molecule has 1 saturated carbocycles. The second-order valence-electron chi connectivity index (χ2n) is 5.09. The lowest BCUT2D eigenvalue weighted by Crippen LogP contribution is -2.12. The van der Waals surface area contributed by atoms with E-state index in [2.05, 4.69) is 19.1 Å². The molecular weight excluding hydrogens is 240 g/mol. The molecule has 0 aromatic heterocycles. The maximum atomic E-state index is 12.2. The van der Waals surface area contributed by atoms with Crippen molar-refractivity contribution in [2.24, 2.45) is 5.92 Å². The van der Waals surface area contributed by atoms with Crippen LogP contribution >= 0.6 is 11.8 Å². The van der Waals surface area contributed by atoms with Crippen molar-refractivity contribution in [3.63, 3.8) is 0 Å². The van der Waals surface area contributed by atoms with Crippen LogP contribution in [0.15, 0.2) is 29.2 Å². The Hall–Kier alpha value is -0.760. The van der Waals surface area contributed by atoms with Gasteiger partial charge in [-0.3, -0.25) is 4.79 Å². The number of hydrogen-bond donors (Lipinski definition) is 0. The Morgan fingerprint density at radius 1 is 1.17 bits per heavy atom. The van der Waals surface area contributed by atoms with E-state index in [1.54, 1.807) is 0 Å². The summed E-state index contributed by atoms with van der Waals surface area (Å²) in [5.74, 6) is 2.04. The lowest BCUT2D eigenvalue weighted by atomic mass is 9.85. The van der Waals surface area contributed by atoms with Crippen LogP contribution in [0.25, 0.3) is 0 Å². The summed E-state index contributed by atoms with van der Waals surface area (Å²) in [4.78, 5) is 13.4. The molecule has 0 bridgehead atoms. The van der Waals surface area contributed by atoms with E-state index in [9.17, 15) is 4.79 Å². The summed E-state index contributed by atoms with van der Waals surface area (Å²) in [6, 6.07) is 8.12. The van der Waals surface area contributed by atoms with Crippen LogP contribution in [0.2, 0.25) is 0 Å². The van der Waals surface area contributed by atoms with Gasteiger partial charge in [0.1, 0.15) is 0 Å². The first-order valence-corrected chi connectivity index (χ1v) is 8.04. The Kier molecular flexibility index (Phi) is 5.30. The minimum absolute atomic E-state index is 0.329. The van der Waals surface area contributed by atoms with E-state index in [1.165, 1.54) is 37.0 Å². The third kappa shape index (κ3) is 3.88. The van der Waals surface area contributed by atoms with Crippen LogP contribution < -0.4 is 0 Å². The maximum absolute atomic E-state index is 12.2. The number of benzene rings is 1. The molecule has 2 rings (SSSR count). The first kappa shape index (κ1) is 13.7. The number of rotatable bonds is 5. The fourth-order valence-corrected chi connectivity index (χ4v) is 3.34. The Morgan fingerprint density at radius 3 is 2.44 bits per heavy atom. The van der Waals surface area contributed by atoms with Crippen molar-refractivity contribution in [3.8, 4) is 0 Å². The summed E-state index contributed by atoms with van der Waals surface area (Å²) < 4.78 is 0. The monoisotopic (exact) mass is 262 g/mol. The molecule has 18 heavy (non-hydrogen) atoms. The molecular formula is C16H22OS. The molecule has 2 heteroatoms. The van der Waals surface area contributed by atoms with Crippen molar-refractivity contribution >= 4 is 17.5 Å². The minimum Gasteiger partial charge on any atom is -0.294 e. The molecule has 1 aromatic rings. The molecule has 1 fully saturated rings. The van der Waals surface area contributed by atoms with Crippen LogP contribution in [-0.2, 0) is 0 Å². The van der Waals surface area contributed by atoms with Crippen LogP contribution in [0.5, 0.6) is 0 Å². The fourth-order valence-electron chi connectivity index (χ4n) is 2.68. The molecule has 0 spiro atoms. The molecule has 0 unspecified atom stereocenters. The van der Waals surface area contributed by atoms with Gasteiger partial charge in [-0.05, 0) is 23.8 Å². The Labute approximate surface area is 114 Å². The summed E-state index contributed by atoms with van der Waals surface area (Å²) in [5, 5.41) is 0. The first-order valence-electron chi connectivity index (χ1n) is 7.05. The van der Waals surface area contributed by atoms with Crippen LogP contribution in [0.3, 0.4) is 0 Å². The molecule has 0 radical (unpaired) electrons. The highest BCUT2D eigenvalue weighted by molar-refractivity contribution is 7.99. The molecule has 98 valence electrons. The van der Waals surface area contributed by atoms with Crippen LogP contribution in [0.4, 0.5) is 0 Å². The second kappa shape index (κ2) is 6.98. The average Bonchev–Trinajstić information content (AvgIpc) is 2.41. The summed E-state index contributed by atoms with van der Waals surface area (Å²) in [7, 11) is 0. The van der Waals surface area contributed by atoms with Gasteiger partial charge in [0.2, 0.25) is 0 Å². The maximum Gasteiger partial charge on any atom is 0.163 e. The Balaban J connectivity index is 1.91. The van der Waals surface area contributed by atoms with Gasteiger partial charge in [0.25, 0.3) is 0 Å². The van der Waals surface area contributed by atoms with E-state index in [0.717, 1.165) is 17.7 Å². The van der Waals surface area contributed by atoms with Crippen molar-refractivity contribution in [2.75, 3.05) is 5.75 Å². The van der Waals surface area contributed by atoms with Gasteiger partial charge in [0.15, 0.2) is 5.78 Å². The van der Waals surface area contributed by atoms with Crippen LogP contribution in [0, 0.1) is 5.92 Å². The largest absolute Gasteiger partial charge is 0.294 e. The highest BCUT2D eigenvalue weighted by Gasteiger charge is 2.17. The number of carbonyl (C=O) groups excluding carboxylic acids is 1. The molecule has 0 aliphatic heterocycles. The van der Waals surface area contributed by atoms with Crippen molar-refractivity contribution in [1.29, 1.82) is 0 Å². The molecule has 1 nitrogen and oxygen atoms in total. The molecule has 1 aromatic carbocycles. The molecule has 0 heterocycles. The van der Waals surface area contributed by atoms with E-state index >= 15 is 0 Å². The average molecular weight is 262 g/mol. The van der Waals surface area contributed by atoms with Crippen molar-refractivity contribution in [2.45, 2.75) is 50.3 Å². The van der Waals surface area contributed by atoms with Gasteiger partial charge in [0.05, 0.1) is 0 Å². The zero-order valence-electron chi connectivity index (χ0n) is 11.2. The van der Waals surface area contributed by atoms with E-state index in [-0.39, 0.29) is 0 Å². The summed E-state index contributed by atoms with van der Waals surface area (Å²) in [6.07, 6.45) is 7.22. The van der Waals surface area contributed by atoms with Crippen molar-refractivity contribution in [1.82, 2.24) is 0 Å². The number of ketones is 1. The minimum atomic E-state index is 0.329. The highest BCUT2D eigenvalue weighted by atomic mass is 32.2. The number of hydrogen-bond acceptors (Lipinski definition) is 2. The SMILES string of the molecule is CCSc1ccc(C(=O)CC2CCCCC2)cc1. The molecule has 0 amide bonds. The lowest BCUT2D eigenvalue weighted by molar-refractivity contribution is 0.0950. The van der Waals surface area contributed by atoms with Gasteiger partial charge in [0, 0.05) is 16.9 Å². The van der Waals surface area contributed by atoms with Crippen molar-refractivity contribution < 1.29 is 4.79 Å². The summed E-state index contributed by atoms with van der Waals surface area (Å²) >= 11 is 1.82. The first-order chi connectivity index (χ1) is 8.79. The molecule has 0 atom stereocenters. The van der Waals surface area contributed by atoms with Gasteiger partial charge in [-0.25, -0.2) is 0 Å². The van der Waals surface area contributed by atoms with Crippen LogP contribution in [-0.4, -0.2) is 11.5 Å². The third-order valence-corrected chi connectivity index (χ3v) is 4.58. The lowest BCUT2D eigenvalue weighted by Gasteiger charge is -2.20. The second-order valence-corrected chi connectivity index (χ2v) is 6.43. The Bertz CT molecular complexity index is 377. The summed E-state index contributed by atoms with van der Waals surface area (Å²) in [5.41, 5.74) is 0.890. The van der Waals surface area contributed by atoms with Crippen LogP contribution in [0.1, 0.15) is 55.8 Å². The van der Waals surface area contributed by atoms with E-state index < -0.39 is 0 Å². The quantitative estimate of drug-likeness (QED) is 0.551. The van der Waals surface area contributed by atoms with Gasteiger partial charge in [-0.2, -0.15) is 0 Å². The summed E-state index contributed by atoms with van der Waals surface area (Å²) in [6.45, 7) is 2.15. The van der Waals surface area contributed by atoms with Gasteiger partial charge < -0.3 is 0 Å². The Morgan fingerprint density at radius 2 is 1.83 bits per heavy atom. The zero-order chi connectivity index (χ0) is 12.8. The normalized spacial score (nSPS) is 16.7. The number of carbonyl (C=O) groups is 1. The van der Waals surface area contributed by atoms with E-state index in [4.69, 9.17) is 0 Å². The molecule has 0 saturated heterocycles. The van der Waals surface area contributed by atoms with Gasteiger partial charge >= 0.3 is 0 Å². The zero-order valence-corrected chi connectivity index (χ0v) is 12.0. The topological polar surface area (TPSA) is 17.1 Å². The highest BCUT2D eigenvalue weighted by Crippen LogP contribution is 2.28. The predicted molar refractivity (Wildman–Crippen MR) is 78.4 cm³/mol. The molecule has 0 N–H and O–H groups in total. The molecule has 1 aliphatic carbocycles. The standard InChI is InChI=1S/C16H22OS/c1-2-18-15-10-8-14(9-11-15)16(17)12-13-6-4-3-5-7-13/h8-11,13H,2-7,12H2,1H3.